The van der Waals surface area contributed by atoms with Crippen molar-refractivity contribution in [3.05, 3.63) is 36.2 Å². The Hall–Kier alpha value is -1.79. The summed E-state index contributed by atoms with van der Waals surface area (Å²) in [4.78, 5) is 9.47. The summed E-state index contributed by atoms with van der Waals surface area (Å²) >= 11 is 1.48. The lowest BCUT2D eigenvalue weighted by Gasteiger charge is -2.08. The first-order valence-corrected chi connectivity index (χ1v) is 6.48. The number of nitrogens with zero attached hydrogens (tertiary/aromatic N) is 2. The minimum absolute atomic E-state index is 0.338. The first-order chi connectivity index (χ1) is 9.22. The van der Waals surface area contributed by atoms with Gasteiger partial charge < -0.3 is 15.2 Å². The molecule has 0 amide bonds. The van der Waals surface area contributed by atoms with Crippen molar-refractivity contribution in [2.45, 2.75) is 16.5 Å². The van der Waals surface area contributed by atoms with Gasteiger partial charge in [-0.25, -0.2) is 9.97 Å². The molecule has 2 N–H and O–H groups in total. The second kappa shape index (κ2) is 6.40. The Balaban J connectivity index is 2.27. The lowest BCUT2D eigenvalue weighted by molar-refractivity contribution is 0.177. The van der Waals surface area contributed by atoms with E-state index in [2.05, 4.69) is 9.97 Å². The summed E-state index contributed by atoms with van der Waals surface area (Å²) < 4.78 is 10.3. The van der Waals surface area contributed by atoms with E-state index < -0.39 is 0 Å². The van der Waals surface area contributed by atoms with Crippen LogP contribution in [0.3, 0.4) is 0 Å². The Kier molecular flexibility index (Phi) is 4.59. The van der Waals surface area contributed by atoms with Gasteiger partial charge >= 0.3 is 0 Å². The molecule has 2 aromatic rings. The molecule has 0 bridgehead atoms. The van der Waals surface area contributed by atoms with Crippen molar-refractivity contribution in [3.8, 4) is 5.75 Å². The molecule has 1 aromatic heterocycles. The number of benzene rings is 1. The quantitative estimate of drug-likeness (QED) is 0.846. The molecule has 0 spiro atoms. The van der Waals surface area contributed by atoms with Crippen LogP contribution in [0, 0.1) is 0 Å². The van der Waals surface area contributed by atoms with Crippen molar-refractivity contribution in [1.82, 2.24) is 9.97 Å². The van der Waals surface area contributed by atoms with Crippen LogP contribution in [-0.2, 0) is 11.3 Å². The van der Waals surface area contributed by atoms with Crippen LogP contribution in [0.1, 0.15) is 5.82 Å². The summed E-state index contributed by atoms with van der Waals surface area (Å²) in [5, 5.41) is 0.768. The molecular formula is C13H15N3O2S. The van der Waals surface area contributed by atoms with Gasteiger partial charge in [-0.2, -0.15) is 0 Å². The van der Waals surface area contributed by atoms with Gasteiger partial charge in [-0.05, 0) is 12.1 Å². The van der Waals surface area contributed by atoms with Gasteiger partial charge in [0, 0.05) is 13.2 Å². The van der Waals surface area contributed by atoms with Gasteiger partial charge in [-0.1, -0.05) is 23.9 Å². The van der Waals surface area contributed by atoms with Crippen molar-refractivity contribution in [2.24, 2.45) is 0 Å². The number of methoxy groups -OCH3 is 2. The van der Waals surface area contributed by atoms with Gasteiger partial charge in [0.2, 0.25) is 0 Å². The monoisotopic (exact) mass is 277 g/mol. The first kappa shape index (κ1) is 13.6. The van der Waals surface area contributed by atoms with E-state index in [1.807, 2.05) is 24.3 Å². The molecule has 0 atom stereocenters. The number of hydrogen-bond donors (Lipinski definition) is 1. The van der Waals surface area contributed by atoms with E-state index in [1.54, 1.807) is 20.3 Å². The molecule has 0 fully saturated rings. The zero-order valence-electron chi connectivity index (χ0n) is 10.8. The van der Waals surface area contributed by atoms with Crippen molar-refractivity contribution in [3.63, 3.8) is 0 Å². The number of rotatable bonds is 5. The average molecular weight is 277 g/mol. The number of nitrogen functional groups attached to an aromatic ring is 1. The Morgan fingerprint density at radius 3 is 2.74 bits per heavy atom. The van der Waals surface area contributed by atoms with Crippen LogP contribution in [-0.4, -0.2) is 24.2 Å². The standard InChI is InChI=1S/C13H15N3O2S/c1-17-8-12-15-11(14)7-13(16-12)19-10-6-4-3-5-9(10)18-2/h3-7H,8H2,1-2H3,(H2,14,15,16). The molecule has 19 heavy (non-hydrogen) atoms. The van der Waals surface area contributed by atoms with Gasteiger partial charge in [0.1, 0.15) is 23.2 Å². The predicted molar refractivity (Wildman–Crippen MR) is 74.3 cm³/mol. The minimum Gasteiger partial charge on any atom is -0.496 e. The maximum atomic E-state index is 5.76. The van der Waals surface area contributed by atoms with Gasteiger partial charge in [0.05, 0.1) is 12.0 Å². The molecule has 0 saturated heterocycles. The highest BCUT2D eigenvalue weighted by molar-refractivity contribution is 7.99. The highest BCUT2D eigenvalue weighted by Gasteiger charge is 2.08. The third-order valence-electron chi connectivity index (χ3n) is 2.33. The van der Waals surface area contributed by atoms with Crippen LogP contribution in [0.4, 0.5) is 5.82 Å². The molecule has 0 aliphatic carbocycles. The number of anilines is 1. The Morgan fingerprint density at radius 1 is 1.21 bits per heavy atom. The molecule has 5 nitrogen and oxygen atoms in total. The fourth-order valence-corrected chi connectivity index (χ4v) is 2.51. The molecule has 1 aromatic carbocycles. The second-order valence-electron chi connectivity index (χ2n) is 3.73. The van der Waals surface area contributed by atoms with Crippen molar-refractivity contribution in [1.29, 1.82) is 0 Å². The molecule has 6 heteroatoms. The number of ether oxygens (including phenoxy) is 2. The summed E-state index contributed by atoms with van der Waals surface area (Å²) in [6.45, 7) is 0.338. The third kappa shape index (κ3) is 3.59. The summed E-state index contributed by atoms with van der Waals surface area (Å²) in [7, 11) is 3.24. The number of aromatic nitrogens is 2. The van der Waals surface area contributed by atoms with Gasteiger partial charge in [0.25, 0.3) is 0 Å². The third-order valence-corrected chi connectivity index (χ3v) is 3.30. The van der Waals surface area contributed by atoms with Crippen molar-refractivity contribution < 1.29 is 9.47 Å². The molecule has 0 unspecified atom stereocenters. The summed E-state index contributed by atoms with van der Waals surface area (Å²) in [6, 6.07) is 9.48. The SMILES string of the molecule is COCc1nc(N)cc(Sc2ccccc2OC)n1. The van der Waals surface area contributed by atoms with Crippen LogP contribution in [0.25, 0.3) is 0 Å². The van der Waals surface area contributed by atoms with E-state index in [1.165, 1.54) is 11.8 Å². The molecule has 0 aliphatic heterocycles. The zero-order valence-corrected chi connectivity index (χ0v) is 11.6. The fraction of sp³-hybridized carbons (Fsp3) is 0.231. The van der Waals surface area contributed by atoms with Crippen LogP contribution in [0.2, 0.25) is 0 Å². The normalized spacial score (nSPS) is 10.4. The first-order valence-electron chi connectivity index (χ1n) is 5.66. The lowest BCUT2D eigenvalue weighted by atomic mass is 10.3. The number of hydrogen-bond acceptors (Lipinski definition) is 6. The number of para-hydroxylation sites is 1. The van der Waals surface area contributed by atoms with Crippen LogP contribution < -0.4 is 10.5 Å². The summed E-state index contributed by atoms with van der Waals surface area (Å²) in [5.74, 6) is 1.80. The molecule has 0 aliphatic rings. The molecule has 1 heterocycles. The van der Waals surface area contributed by atoms with E-state index in [-0.39, 0.29) is 0 Å². The fourth-order valence-electron chi connectivity index (χ4n) is 1.55. The Bertz CT molecular complexity index is 563. The number of nitrogens with two attached hydrogens (primary N) is 1. The second-order valence-corrected chi connectivity index (χ2v) is 4.80. The topological polar surface area (TPSA) is 70.3 Å². The van der Waals surface area contributed by atoms with E-state index >= 15 is 0 Å². The molecule has 0 radical (unpaired) electrons. The Labute approximate surface area is 116 Å². The average Bonchev–Trinajstić information content (AvgIpc) is 2.39. The van der Waals surface area contributed by atoms with Gasteiger partial charge in [-0.15, -0.1) is 0 Å². The van der Waals surface area contributed by atoms with Crippen LogP contribution in [0.5, 0.6) is 5.75 Å². The van der Waals surface area contributed by atoms with E-state index in [0.717, 1.165) is 15.7 Å². The highest BCUT2D eigenvalue weighted by Crippen LogP contribution is 2.34. The summed E-state index contributed by atoms with van der Waals surface area (Å²) in [5.41, 5.74) is 5.76. The molecule has 2 rings (SSSR count). The smallest absolute Gasteiger partial charge is 0.157 e. The van der Waals surface area contributed by atoms with Crippen molar-refractivity contribution >= 4 is 17.6 Å². The summed E-state index contributed by atoms with van der Waals surface area (Å²) in [6.07, 6.45) is 0. The van der Waals surface area contributed by atoms with E-state index in [4.69, 9.17) is 15.2 Å². The lowest BCUT2D eigenvalue weighted by Crippen LogP contribution is -2.01. The maximum Gasteiger partial charge on any atom is 0.157 e. The maximum absolute atomic E-state index is 5.76. The van der Waals surface area contributed by atoms with E-state index in [0.29, 0.717) is 18.2 Å². The van der Waals surface area contributed by atoms with Gasteiger partial charge in [-0.3, -0.25) is 0 Å². The highest BCUT2D eigenvalue weighted by atomic mass is 32.2. The largest absolute Gasteiger partial charge is 0.496 e. The van der Waals surface area contributed by atoms with Gasteiger partial charge in [0.15, 0.2) is 5.82 Å². The van der Waals surface area contributed by atoms with Crippen LogP contribution in [0.15, 0.2) is 40.3 Å². The van der Waals surface area contributed by atoms with E-state index in [9.17, 15) is 0 Å². The molecule has 0 saturated carbocycles. The molecular weight excluding hydrogens is 262 g/mol. The Morgan fingerprint density at radius 2 is 2.00 bits per heavy atom. The minimum atomic E-state index is 0.338. The predicted octanol–water partition coefficient (Wildman–Crippen LogP) is 2.37. The van der Waals surface area contributed by atoms with Crippen LogP contribution >= 0.6 is 11.8 Å². The van der Waals surface area contributed by atoms with Crippen molar-refractivity contribution in [2.75, 3.05) is 20.0 Å². The molecule has 100 valence electrons. The zero-order chi connectivity index (χ0) is 13.7.